The fourth-order valence-corrected chi connectivity index (χ4v) is 4.46. The molecule has 3 N–H and O–H groups in total. The number of rotatable bonds is 23. The van der Waals surface area contributed by atoms with E-state index in [0.717, 1.165) is 45.7 Å². The summed E-state index contributed by atoms with van der Waals surface area (Å²) >= 11 is 0. The molecule has 1 saturated heterocycles. The van der Waals surface area contributed by atoms with Crippen molar-refractivity contribution in [2.24, 2.45) is 0 Å². The number of unbranched alkanes of at least 4 members (excludes halogenated alkanes) is 16. The van der Waals surface area contributed by atoms with Gasteiger partial charge in [-0.05, 0) is 26.2 Å². The van der Waals surface area contributed by atoms with Gasteiger partial charge in [-0.25, -0.2) is 9.59 Å². The van der Waals surface area contributed by atoms with Crippen LogP contribution in [0.25, 0.3) is 0 Å². The first-order valence-corrected chi connectivity index (χ1v) is 15.6. The third kappa shape index (κ3) is 26.3. The number of nitrogens with zero attached hydrogens (tertiary/aromatic N) is 1. The number of aliphatic carboxylic acids is 2. The molecule has 0 aromatic heterocycles. The molecule has 1 aliphatic heterocycles. The average molecular weight is 559 g/mol. The highest BCUT2D eigenvalue weighted by Crippen LogP contribution is 2.14. The maximum Gasteiger partial charge on any atom is 0.414 e. The Labute approximate surface area is 237 Å². The highest BCUT2D eigenvalue weighted by Gasteiger charge is 2.21. The van der Waals surface area contributed by atoms with E-state index in [4.69, 9.17) is 29.4 Å². The minimum absolute atomic E-state index is 0.110. The van der Waals surface area contributed by atoms with Gasteiger partial charge in [0, 0.05) is 39.3 Å². The van der Waals surface area contributed by atoms with Crippen LogP contribution in [0.3, 0.4) is 0 Å². The molecule has 0 radical (unpaired) electrons. The Morgan fingerprint density at radius 1 is 0.718 bits per heavy atom. The summed E-state index contributed by atoms with van der Waals surface area (Å²) in [6, 6.07) is 0.255. The van der Waals surface area contributed by atoms with Gasteiger partial charge < -0.3 is 25.1 Å². The van der Waals surface area contributed by atoms with Gasteiger partial charge in [0.2, 0.25) is 0 Å². The van der Waals surface area contributed by atoms with Crippen molar-refractivity contribution in [3.63, 3.8) is 0 Å². The van der Waals surface area contributed by atoms with Crippen LogP contribution in [0.5, 0.6) is 0 Å². The monoisotopic (exact) mass is 558 g/mol. The first-order chi connectivity index (χ1) is 18.9. The van der Waals surface area contributed by atoms with E-state index in [9.17, 15) is 4.79 Å². The molecule has 0 bridgehead atoms. The number of nitrogens with one attached hydrogen (secondary N) is 1. The molecular formula is C30H58N2O7. The predicted molar refractivity (Wildman–Crippen MR) is 155 cm³/mol. The molecule has 1 atom stereocenters. The quantitative estimate of drug-likeness (QED) is 0.0972. The molecule has 1 rings (SSSR count). The molecule has 9 nitrogen and oxygen atoms in total. The lowest BCUT2D eigenvalue weighted by Gasteiger charge is -2.31. The van der Waals surface area contributed by atoms with Crippen LogP contribution in [0.15, 0.2) is 0 Å². The molecule has 1 heterocycles. The highest BCUT2D eigenvalue weighted by atomic mass is 16.7. The largest absolute Gasteiger partial charge is 0.473 e. The predicted octanol–water partition coefficient (Wildman–Crippen LogP) is 6.34. The Kier molecular flexibility index (Phi) is 26.6. The molecule has 1 aliphatic rings. The van der Waals surface area contributed by atoms with Crippen molar-refractivity contribution in [2.45, 2.75) is 142 Å². The fourth-order valence-electron chi connectivity index (χ4n) is 4.46. The van der Waals surface area contributed by atoms with E-state index in [1.54, 1.807) is 0 Å². The van der Waals surface area contributed by atoms with Crippen LogP contribution in [0.2, 0.25) is 0 Å². The molecular weight excluding hydrogens is 500 g/mol. The lowest BCUT2D eigenvalue weighted by Crippen LogP contribution is -2.50. The zero-order valence-electron chi connectivity index (χ0n) is 24.9. The van der Waals surface area contributed by atoms with Gasteiger partial charge in [0.25, 0.3) is 0 Å². The summed E-state index contributed by atoms with van der Waals surface area (Å²) in [5.41, 5.74) is 0. The van der Waals surface area contributed by atoms with Crippen molar-refractivity contribution >= 4 is 17.9 Å². The summed E-state index contributed by atoms with van der Waals surface area (Å²) in [5, 5.41) is 19.9. The van der Waals surface area contributed by atoms with E-state index in [1.807, 2.05) is 5.06 Å². The average Bonchev–Trinajstić information content (AvgIpc) is 2.91. The van der Waals surface area contributed by atoms with E-state index < -0.39 is 11.9 Å². The summed E-state index contributed by atoms with van der Waals surface area (Å²) in [4.78, 5) is 35.6. The SMILES string of the molecule is CCCCCCCCCCCCCCCCCCOCCCCC(=O)ON1CCNCC1C.O=C(O)C(=O)O. The van der Waals surface area contributed by atoms with Gasteiger partial charge in [-0.2, -0.15) is 0 Å². The Bertz CT molecular complexity index is 592. The number of ether oxygens (including phenoxy) is 1. The second-order valence-electron chi connectivity index (χ2n) is 10.6. The Morgan fingerprint density at radius 3 is 1.59 bits per heavy atom. The van der Waals surface area contributed by atoms with Crippen molar-refractivity contribution in [2.75, 3.05) is 32.8 Å². The zero-order valence-corrected chi connectivity index (χ0v) is 24.9. The topological polar surface area (TPSA) is 125 Å². The molecule has 0 amide bonds. The number of hydrogen-bond donors (Lipinski definition) is 3. The molecule has 1 fully saturated rings. The minimum atomic E-state index is -1.82. The Hall–Kier alpha value is -1.71. The number of hydrogen-bond acceptors (Lipinski definition) is 7. The number of piperazine rings is 1. The molecule has 0 saturated carbocycles. The van der Waals surface area contributed by atoms with Crippen LogP contribution >= 0.6 is 0 Å². The maximum absolute atomic E-state index is 11.9. The lowest BCUT2D eigenvalue weighted by molar-refractivity contribution is -0.204. The summed E-state index contributed by atoms with van der Waals surface area (Å²) in [7, 11) is 0. The van der Waals surface area contributed by atoms with Gasteiger partial charge in [0.15, 0.2) is 0 Å². The van der Waals surface area contributed by atoms with Crippen molar-refractivity contribution in [3.05, 3.63) is 0 Å². The molecule has 1 unspecified atom stereocenters. The van der Waals surface area contributed by atoms with Crippen LogP contribution in [0, 0.1) is 0 Å². The van der Waals surface area contributed by atoms with E-state index >= 15 is 0 Å². The van der Waals surface area contributed by atoms with Crippen LogP contribution in [0.4, 0.5) is 0 Å². The number of hydroxylamine groups is 2. The number of carboxylic acid groups (broad SMARTS) is 2. The van der Waals surface area contributed by atoms with E-state index in [-0.39, 0.29) is 12.0 Å². The van der Waals surface area contributed by atoms with Crippen LogP contribution < -0.4 is 5.32 Å². The van der Waals surface area contributed by atoms with Crippen LogP contribution in [0.1, 0.15) is 136 Å². The fraction of sp³-hybridized carbons (Fsp3) is 0.900. The summed E-state index contributed by atoms with van der Waals surface area (Å²) < 4.78 is 5.73. The lowest BCUT2D eigenvalue weighted by atomic mass is 10.0. The smallest absolute Gasteiger partial charge is 0.414 e. The summed E-state index contributed by atoms with van der Waals surface area (Å²) in [5.74, 6) is -3.76. The molecule has 9 heteroatoms. The zero-order chi connectivity index (χ0) is 29.0. The van der Waals surface area contributed by atoms with E-state index in [1.165, 1.54) is 103 Å². The minimum Gasteiger partial charge on any atom is -0.473 e. The van der Waals surface area contributed by atoms with Crippen molar-refractivity contribution in [3.8, 4) is 0 Å². The Balaban J connectivity index is 0.00000215. The normalized spacial score (nSPS) is 15.4. The second-order valence-corrected chi connectivity index (χ2v) is 10.6. The Morgan fingerprint density at radius 2 is 1.15 bits per heavy atom. The van der Waals surface area contributed by atoms with Gasteiger partial charge in [0.05, 0.1) is 6.04 Å². The molecule has 0 aliphatic carbocycles. The van der Waals surface area contributed by atoms with Crippen LogP contribution in [-0.2, 0) is 24.0 Å². The molecule has 0 spiro atoms. The first kappa shape index (κ1) is 37.3. The number of carboxylic acids is 2. The van der Waals surface area contributed by atoms with Gasteiger partial charge in [0.1, 0.15) is 0 Å². The third-order valence-corrected chi connectivity index (χ3v) is 6.90. The highest BCUT2D eigenvalue weighted by molar-refractivity contribution is 6.27. The first-order valence-electron chi connectivity index (χ1n) is 15.6. The van der Waals surface area contributed by atoms with Crippen molar-refractivity contribution in [1.29, 1.82) is 0 Å². The number of carbonyl (C=O) groups excluding carboxylic acids is 1. The molecule has 0 aromatic rings. The van der Waals surface area contributed by atoms with Gasteiger partial charge >= 0.3 is 17.9 Å². The maximum atomic E-state index is 11.9. The summed E-state index contributed by atoms with van der Waals surface area (Å²) in [6.07, 6.45) is 24.6. The molecule has 0 aromatic carbocycles. The standard InChI is InChI=1S/C28H56N2O3.C2H2O4/c1-3-4-5-6-7-8-9-10-11-12-13-14-15-16-17-19-24-32-25-20-18-21-28(31)33-30-23-22-29-26-27(30)2;3-1(4)2(5)6/h27,29H,3-26H2,1-2H3;(H,3,4)(H,5,6). The van der Waals surface area contributed by atoms with Gasteiger partial charge in [-0.1, -0.05) is 103 Å². The van der Waals surface area contributed by atoms with Gasteiger partial charge in [-0.3, -0.25) is 4.79 Å². The van der Waals surface area contributed by atoms with E-state index in [2.05, 4.69) is 19.2 Å². The molecule has 230 valence electrons. The summed E-state index contributed by atoms with van der Waals surface area (Å²) in [6.45, 7) is 8.51. The van der Waals surface area contributed by atoms with Gasteiger partial charge in [-0.15, -0.1) is 5.06 Å². The third-order valence-electron chi connectivity index (χ3n) is 6.90. The number of carbonyl (C=O) groups is 3. The molecule has 39 heavy (non-hydrogen) atoms. The van der Waals surface area contributed by atoms with E-state index in [0.29, 0.717) is 6.42 Å². The van der Waals surface area contributed by atoms with Crippen molar-refractivity contribution < 1.29 is 34.2 Å². The second kappa shape index (κ2) is 27.8. The van der Waals surface area contributed by atoms with Crippen molar-refractivity contribution in [1.82, 2.24) is 10.4 Å². The van der Waals surface area contributed by atoms with Crippen LogP contribution in [-0.4, -0.2) is 72.1 Å².